The Morgan fingerprint density at radius 1 is 0.913 bits per heavy atom. The van der Waals surface area contributed by atoms with Crippen molar-refractivity contribution in [2.24, 2.45) is 0 Å². The molecule has 0 aromatic heterocycles. The third kappa shape index (κ3) is 9.34. The first-order chi connectivity index (χ1) is 10.6. The summed E-state index contributed by atoms with van der Waals surface area (Å²) in [6.45, 7) is 1.39. The number of aliphatic carboxylic acids is 2. The molecule has 0 bridgehead atoms. The second-order valence-corrected chi connectivity index (χ2v) is 4.19. The van der Waals surface area contributed by atoms with Crippen molar-refractivity contribution >= 4 is 35.3 Å². The summed E-state index contributed by atoms with van der Waals surface area (Å²) in [5.74, 6) is -4.98. The first-order valence-electron chi connectivity index (χ1n) is 6.22. The molecule has 0 aliphatic rings. The Balaban J connectivity index is 0.000000438. The molecule has 0 spiro atoms. The molecule has 0 heterocycles. The summed E-state index contributed by atoms with van der Waals surface area (Å²) < 4.78 is 0. The largest absolute Gasteiger partial charge is 0.481 e. The van der Waals surface area contributed by atoms with Crippen molar-refractivity contribution in [2.45, 2.75) is 19.8 Å². The molecule has 23 heavy (non-hydrogen) atoms. The Morgan fingerprint density at radius 3 is 1.78 bits per heavy atom. The zero-order valence-corrected chi connectivity index (χ0v) is 12.1. The molecular formula is C14H15NO8. The Bertz CT molecular complexity index is 606. The molecule has 9 nitrogen and oxygen atoms in total. The zero-order valence-electron chi connectivity index (χ0n) is 12.1. The van der Waals surface area contributed by atoms with Crippen molar-refractivity contribution in [3.8, 4) is 0 Å². The quantitative estimate of drug-likeness (QED) is 0.560. The highest BCUT2D eigenvalue weighted by molar-refractivity contribution is 6.32. The van der Waals surface area contributed by atoms with Gasteiger partial charge in [0.25, 0.3) is 0 Å². The highest BCUT2D eigenvalue weighted by Gasteiger charge is 2.12. The molecule has 0 radical (unpaired) electrons. The lowest BCUT2D eigenvalue weighted by atomic mass is 10.2. The number of amides is 1. The number of hydrogen-bond acceptors (Lipinski definition) is 5. The summed E-state index contributed by atoms with van der Waals surface area (Å²) in [5, 5.41) is 27.1. The van der Waals surface area contributed by atoms with Crippen molar-refractivity contribution in [3.05, 3.63) is 29.8 Å². The lowest BCUT2D eigenvalue weighted by Crippen LogP contribution is -2.13. The van der Waals surface area contributed by atoms with Gasteiger partial charge in [0, 0.05) is 19.0 Å². The minimum Gasteiger partial charge on any atom is -0.481 e. The van der Waals surface area contributed by atoms with Crippen molar-refractivity contribution in [2.75, 3.05) is 5.32 Å². The first kappa shape index (κ1) is 19.8. The Hall–Kier alpha value is -3.23. The molecule has 0 saturated heterocycles. The summed E-state index contributed by atoms with van der Waals surface area (Å²) in [5.41, 5.74) is 0.798. The third-order valence-electron chi connectivity index (χ3n) is 2.26. The van der Waals surface area contributed by atoms with Crippen molar-refractivity contribution in [3.63, 3.8) is 0 Å². The van der Waals surface area contributed by atoms with Crippen LogP contribution in [-0.2, 0) is 19.2 Å². The van der Waals surface area contributed by atoms with Gasteiger partial charge in [0.15, 0.2) is 0 Å². The fourth-order valence-electron chi connectivity index (χ4n) is 1.23. The van der Waals surface area contributed by atoms with Gasteiger partial charge in [-0.3, -0.25) is 14.4 Å². The number of rotatable bonds is 6. The second kappa shape index (κ2) is 9.66. The second-order valence-electron chi connectivity index (χ2n) is 4.19. The fourth-order valence-corrected chi connectivity index (χ4v) is 1.23. The molecule has 1 rings (SSSR count). The number of carboxylic acid groups (broad SMARTS) is 3. The van der Waals surface area contributed by atoms with Gasteiger partial charge in [0.05, 0.1) is 12.0 Å². The van der Waals surface area contributed by atoms with Gasteiger partial charge in [-0.1, -0.05) is 0 Å². The fraction of sp³-hybridized carbons (Fsp3) is 0.214. The molecule has 0 atom stereocenters. The van der Waals surface area contributed by atoms with Crippen LogP contribution in [0.2, 0.25) is 0 Å². The van der Waals surface area contributed by atoms with Crippen molar-refractivity contribution in [1.82, 2.24) is 0 Å². The van der Waals surface area contributed by atoms with E-state index >= 15 is 0 Å². The predicted octanol–water partition coefficient (Wildman–Crippen LogP) is 0.848. The van der Waals surface area contributed by atoms with Gasteiger partial charge in [0.1, 0.15) is 0 Å². The van der Waals surface area contributed by atoms with E-state index < -0.39 is 36.5 Å². The van der Waals surface area contributed by atoms with E-state index in [4.69, 9.17) is 15.3 Å². The van der Waals surface area contributed by atoms with Gasteiger partial charge in [-0.25, -0.2) is 9.59 Å². The molecule has 0 saturated carbocycles. The van der Waals surface area contributed by atoms with E-state index in [0.29, 0.717) is 5.69 Å². The number of anilines is 1. The van der Waals surface area contributed by atoms with Crippen LogP contribution >= 0.6 is 0 Å². The summed E-state index contributed by atoms with van der Waals surface area (Å²) in [6.07, 6.45) is -0.865. The lowest BCUT2D eigenvalue weighted by molar-refractivity contribution is -0.149. The van der Waals surface area contributed by atoms with Crippen LogP contribution in [0.5, 0.6) is 0 Å². The van der Waals surface area contributed by atoms with E-state index in [1.54, 1.807) is 12.1 Å². The summed E-state index contributed by atoms with van der Waals surface area (Å²) >= 11 is 0. The van der Waals surface area contributed by atoms with Gasteiger partial charge < -0.3 is 20.6 Å². The number of Topliss-reactive ketones (excluding diaryl/α,β-unsaturated/α-hetero) is 1. The third-order valence-corrected chi connectivity index (χ3v) is 2.26. The van der Waals surface area contributed by atoms with Gasteiger partial charge in [-0.05, 0) is 24.3 Å². The summed E-state index contributed by atoms with van der Waals surface area (Å²) in [7, 11) is 0. The minimum absolute atomic E-state index is 0.178. The average molecular weight is 325 g/mol. The van der Waals surface area contributed by atoms with E-state index in [9.17, 15) is 24.0 Å². The molecule has 0 aliphatic heterocycles. The van der Waals surface area contributed by atoms with E-state index in [0.717, 1.165) is 0 Å². The topological polar surface area (TPSA) is 158 Å². The van der Waals surface area contributed by atoms with Crippen LogP contribution in [0.1, 0.15) is 30.1 Å². The van der Waals surface area contributed by atoms with Crippen LogP contribution in [0.3, 0.4) is 0 Å². The van der Waals surface area contributed by atoms with E-state index in [-0.39, 0.29) is 11.5 Å². The molecule has 1 aromatic rings. The van der Waals surface area contributed by atoms with E-state index in [2.05, 4.69) is 5.32 Å². The minimum atomic E-state index is -1.58. The smallest absolute Gasteiger partial charge is 0.372 e. The normalized spacial score (nSPS) is 9.09. The Kier molecular flexibility index (Phi) is 8.30. The molecule has 1 amide bonds. The zero-order chi connectivity index (χ0) is 18.0. The molecule has 0 fully saturated rings. The molecule has 0 aliphatic carbocycles. The molecule has 4 N–H and O–H groups in total. The van der Waals surface area contributed by atoms with Crippen LogP contribution in [0.4, 0.5) is 5.69 Å². The lowest BCUT2D eigenvalue weighted by Gasteiger charge is -2.01. The monoisotopic (exact) mass is 325 g/mol. The SMILES string of the molecule is CC(=O)Nc1ccc(C(=O)O)cc1.O=C(O)CCC(=O)C(=O)O. The van der Waals surface area contributed by atoms with Gasteiger partial charge in [-0.15, -0.1) is 0 Å². The standard InChI is InChI=1S/C9H9NO3.C5H6O5/c1-6(11)10-8-4-2-7(3-5-8)9(12)13;6-3(5(9)10)1-2-4(7)8/h2-5H,1H3,(H,10,11)(H,12,13);1-2H2,(H,7,8)(H,9,10). The van der Waals surface area contributed by atoms with Crippen molar-refractivity contribution in [1.29, 1.82) is 0 Å². The molecular weight excluding hydrogens is 310 g/mol. The maximum atomic E-state index is 10.6. The Labute approximate surface area is 130 Å². The predicted molar refractivity (Wildman–Crippen MR) is 77.2 cm³/mol. The number of nitrogens with one attached hydrogen (secondary N) is 1. The van der Waals surface area contributed by atoms with E-state index in [1.165, 1.54) is 19.1 Å². The molecule has 1 aromatic carbocycles. The number of carboxylic acids is 3. The van der Waals surface area contributed by atoms with Crippen LogP contribution in [0.25, 0.3) is 0 Å². The van der Waals surface area contributed by atoms with Crippen LogP contribution in [0, 0.1) is 0 Å². The number of benzene rings is 1. The van der Waals surface area contributed by atoms with Gasteiger partial charge in [-0.2, -0.15) is 0 Å². The maximum Gasteiger partial charge on any atom is 0.372 e. The highest BCUT2D eigenvalue weighted by atomic mass is 16.4. The van der Waals surface area contributed by atoms with Crippen molar-refractivity contribution < 1.29 is 39.3 Å². The number of aromatic carboxylic acids is 1. The Morgan fingerprint density at radius 2 is 1.43 bits per heavy atom. The molecule has 124 valence electrons. The molecule has 0 unspecified atom stereocenters. The molecule has 9 heteroatoms. The first-order valence-corrected chi connectivity index (χ1v) is 6.22. The summed E-state index contributed by atoms with van der Waals surface area (Å²) in [4.78, 5) is 50.8. The number of hydrogen-bond donors (Lipinski definition) is 4. The summed E-state index contributed by atoms with van der Waals surface area (Å²) in [6, 6.07) is 5.97. The van der Waals surface area contributed by atoms with Crippen LogP contribution in [0.15, 0.2) is 24.3 Å². The van der Waals surface area contributed by atoms with E-state index in [1.807, 2.05) is 0 Å². The van der Waals surface area contributed by atoms with Gasteiger partial charge in [0.2, 0.25) is 11.7 Å². The number of carbonyl (C=O) groups excluding carboxylic acids is 2. The average Bonchev–Trinajstić information content (AvgIpc) is 2.45. The highest BCUT2D eigenvalue weighted by Crippen LogP contribution is 2.08. The van der Waals surface area contributed by atoms with Crippen LogP contribution in [-0.4, -0.2) is 44.9 Å². The van der Waals surface area contributed by atoms with Crippen LogP contribution < -0.4 is 5.32 Å². The maximum absolute atomic E-state index is 10.6. The van der Waals surface area contributed by atoms with Gasteiger partial charge >= 0.3 is 17.9 Å². The number of ketones is 1. The number of carbonyl (C=O) groups is 5.